The molecule has 0 fully saturated rings. The Kier molecular flexibility index (Phi) is 4.03. The molecule has 82 valence electrons. The lowest BCUT2D eigenvalue weighted by Crippen LogP contribution is -2.19. The number of carbonyl (C=O) groups is 1. The second kappa shape index (κ2) is 4.88. The Balaban J connectivity index is 2.68. The molecule has 0 spiro atoms. The van der Waals surface area contributed by atoms with E-state index in [1.165, 1.54) is 0 Å². The minimum Gasteiger partial charge on any atom is -0.300 e. The van der Waals surface area contributed by atoms with Crippen LogP contribution in [0, 0.1) is 5.41 Å². The number of hydrogen-bond acceptors (Lipinski definition) is 2. The zero-order chi connectivity index (χ0) is 11.5. The molecule has 1 aromatic rings. The highest BCUT2D eigenvalue weighted by molar-refractivity contribution is 9.10. The first-order valence-electron chi connectivity index (χ1n) is 4.99. The molecule has 0 N–H and O–H groups in total. The number of Topliss-reactive ketones (excluding diaryl/α,β-unsaturated/α-hetero) is 1. The van der Waals surface area contributed by atoms with Gasteiger partial charge in [0, 0.05) is 22.8 Å². The molecule has 0 bridgehead atoms. The Bertz CT molecular complexity index is 343. The van der Waals surface area contributed by atoms with Crippen LogP contribution < -0.4 is 0 Å². The maximum absolute atomic E-state index is 11.1. The normalized spacial score (nSPS) is 11.5. The van der Waals surface area contributed by atoms with Crippen molar-refractivity contribution in [2.45, 2.75) is 33.6 Å². The van der Waals surface area contributed by atoms with Crippen LogP contribution in [0.4, 0.5) is 0 Å². The summed E-state index contributed by atoms with van der Waals surface area (Å²) >= 11 is 3.35. The molecule has 0 unspecified atom stereocenters. The van der Waals surface area contributed by atoms with Gasteiger partial charge in [-0.2, -0.15) is 0 Å². The van der Waals surface area contributed by atoms with Crippen LogP contribution in [0.3, 0.4) is 0 Å². The average molecular weight is 270 g/mol. The molecule has 0 aliphatic heterocycles. The maximum Gasteiger partial charge on any atom is 0.130 e. The molecule has 15 heavy (non-hydrogen) atoms. The quantitative estimate of drug-likeness (QED) is 0.839. The molecular weight excluding hydrogens is 254 g/mol. The van der Waals surface area contributed by atoms with Gasteiger partial charge in [0.15, 0.2) is 0 Å². The van der Waals surface area contributed by atoms with E-state index in [1.807, 2.05) is 12.1 Å². The first-order chi connectivity index (χ1) is 6.89. The van der Waals surface area contributed by atoms with E-state index in [0.29, 0.717) is 6.42 Å². The summed E-state index contributed by atoms with van der Waals surface area (Å²) in [6.07, 6.45) is 3.23. The number of aromatic nitrogens is 1. The summed E-state index contributed by atoms with van der Waals surface area (Å²) in [4.78, 5) is 15.4. The third-order valence-corrected chi connectivity index (χ3v) is 2.64. The minimum atomic E-state index is -0.00728. The van der Waals surface area contributed by atoms with Crippen LogP contribution in [0.25, 0.3) is 0 Å². The number of hydrogen-bond donors (Lipinski definition) is 0. The Morgan fingerprint density at radius 3 is 2.60 bits per heavy atom. The Morgan fingerprint density at radius 2 is 2.13 bits per heavy atom. The predicted octanol–water partition coefficient (Wildman–Crippen LogP) is 3.39. The lowest BCUT2D eigenvalue weighted by Gasteiger charge is -2.22. The lowest BCUT2D eigenvalue weighted by molar-refractivity contribution is -0.118. The highest BCUT2D eigenvalue weighted by Crippen LogP contribution is 2.25. The molecule has 0 atom stereocenters. The Hall–Kier alpha value is -0.700. The maximum atomic E-state index is 11.1. The van der Waals surface area contributed by atoms with Gasteiger partial charge in [0.05, 0.1) is 0 Å². The summed E-state index contributed by atoms with van der Waals surface area (Å²) in [6, 6.07) is 3.97. The Morgan fingerprint density at radius 1 is 1.47 bits per heavy atom. The number of ketones is 1. The molecule has 0 amide bonds. The average Bonchev–Trinajstić information content (AvgIpc) is 2.06. The summed E-state index contributed by atoms with van der Waals surface area (Å²) in [5, 5.41) is 0. The molecule has 0 saturated carbocycles. The molecule has 0 aliphatic rings. The van der Waals surface area contributed by atoms with Gasteiger partial charge in [-0.25, -0.2) is 0 Å². The van der Waals surface area contributed by atoms with Crippen molar-refractivity contribution in [3.8, 4) is 0 Å². The third kappa shape index (κ3) is 4.56. The van der Waals surface area contributed by atoms with Crippen molar-refractivity contribution in [1.82, 2.24) is 4.98 Å². The van der Waals surface area contributed by atoms with E-state index in [1.54, 1.807) is 13.1 Å². The Labute approximate surface area is 99.2 Å². The van der Waals surface area contributed by atoms with Gasteiger partial charge >= 0.3 is 0 Å². The van der Waals surface area contributed by atoms with Crippen molar-refractivity contribution in [3.63, 3.8) is 0 Å². The summed E-state index contributed by atoms with van der Waals surface area (Å²) < 4.78 is 0.982. The van der Waals surface area contributed by atoms with Crippen LogP contribution in [0.2, 0.25) is 0 Å². The number of carbonyl (C=O) groups excluding carboxylic acids is 1. The van der Waals surface area contributed by atoms with Gasteiger partial charge in [0.25, 0.3) is 0 Å². The van der Waals surface area contributed by atoms with E-state index in [2.05, 4.69) is 34.8 Å². The van der Waals surface area contributed by atoms with Crippen LogP contribution in [-0.2, 0) is 11.2 Å². The topological polar surface area (TPSA) is 30.0 Å². The predicted molar refractivity (Wildman–Crippen MR) is 64.7 cm³/mol. The third-order valence-electron chi connectivity index (χ3n) is 2.18. The summed E-state index contributed by atoms with van der Waals surface area (Å²) in [5.74, 6) is 0.233. The fraction of sp³-hybridized carbons (Fsp3) is 0.500. The van der Waals surface area contributed by atoms with Gasteiger partial charge < -0.3 is 4.79 Å². The van der Waals surface area contributed by atoms with Crippen molar-refractivity contribution in [2.75, 3.05) is 0 Å². The largest absolute Gasteiger partial charge is 0.300 e. The highest BCUT2D eigenvalue weighted by Gasteiger charge is 2.21. The standard InChI is InChI=1S/C12H16BrNO/c1-9(15)6-12(2,3)7-11-5-4-10(13)8-14-11/h4-5,8H,6-7H2,1-3H3. The monoisotopic (exact) mass is 269 g/mol. The first-order valence-corrected chi connectivity index (χ1v) is 5.78. The van der Waals surface area contributed by atoms with E-state index in [0.717, 1.165) is 16.6 Å². The molecule has 1 heterocycles. The zero-order valence-corrected chi connectivity index (χ0v) is 11.0. The van der Waals surface area contributed by atoms with Crippen molar-refractivity contribution < 1.29 is 4.79 Å². The molecule has 0 aliphatic carbocycles. The van der Waals surface area contributed by atoms with E-state index in [4.69, 9.17) is 0 Å². The van der Waals surface area contributed by atoms with Crippen LogP contribution in [0.1, 0.15) is 32.9 Å². The van der Waals surface area contributed by atoms with Crippen LogP contribution in [-0.4, -0.2) is 10.8 Å². The molecular formula is C12H16BrNO. The van der Waals surface area contributed by atoms with Gasteiger partial charge in [-0.05, 0) is 46.8 Å². The molecule has 0 aromatic carbocycles. The lowest BCUT2D eigenvalue weighted by atomic mass is 9.83. The van der Waals surface area contributed by atoms with E-state index in [9.17, 15) is 4.79 Å². The van der Waals surface area contributed by atoms with Crippen molar-refractivity contribution in [1.29, 1.82) is 0 Å². The summed E-state index contributed by atoms with van der Waals surface area (Å²) in [6.45, 7) is 5.83. The molecule has 0 saturated heterocycles. The van der Waals surface area contributed by atoms with E-state index >= 15 is 0 Å². The number of rotatable bonds is 4. The number of pyridine rings is 1. The van der Waals surface area contributed by atoms with Crippen molar-refractivity contribution >= 4 is 21.7 Å². The second-order valence-electron chi connectivity index (χ2n) is 4.69. The fourth-order valence-corrected chi connectivity index (χ4v) is 1.97. The van der Waals surface area contributed by atoms with Crippen LogP contribution in [0.5, 0.6) is 0 Å². The minimum absolute atomic E-state index is 0.00728. The van der Waals surface area contributed by atoms with Crippen molar-refractivity contribution in [2.24, 2.45) is 5.41 Å². The molecule has 1 rings (SSSR count). The van der Waals surface area contributed by atoms with Crippen LogP contribution >= 0.6 is 15.9 Å². The summed E-state index contributed by atoms with van der Waals surface area (Å²) in [7, 11) is 0. The SMILES string of the molecule is CC(=O)CC(C)(C)Cc1ccc(Br)cn1. The smallest absolute Gasteiger partial charge is 0.130 e. The molecule has 2 nitrogen and oxygen atoms in total. The zero-order valence-electron chi connectivity index (χ0n) is 9.38. The fourth-order valence-electron chi connectivity index (χ4n) is 1.74. The van der Waals surface area contributed by atoms with Gasteiger partial charge in [0.2, 0.25) is 0 Å². The van der Waals surface area contributed by atoms with Gasteiger partial charge in [0.1, 0.15) is 5.78 Å². The highest BCUT2D eigenvalue weighted by atomic mass is 79.9. The summed E-state index contributed by atoms with van der Waals surface area (Å²) in [5.41, 5.74) is 1.02. The van der Waals surface area contributed by atoms with Gasteiger partial charge in [-0.15, -0.1) is 0 Å². The molecule has 3 heteroatoms. The van der Waals surface area contributed by atoms with E-state index < -0.39 is 0 Å². The van der Waals surface area contributed by atoms with Crippen molar-refractivity contribution in [3.05, 3.63) is 28.5 Å². The molecule has 1 aromatic heterocycles. The van der Waals surface area contributed by atoms with Gasteiger partial charge in [-0.1, -0.05) is 13.8 Å². The number of halogens is 1. The van der Waals surface area contributed by atoms with Crippen LogP contribution in [0.15, 0.2) is 22.8 Å². The first kappa shape index (κ1) is 12.4. The second-order valence-corrected chi connectivity index (χ2v) is 5.60. The number of nitrogens with zero attached hydrogens (tertiary/aromatic N) is 1. The molecule has 0 radical (unpaired) electrons. The van der Waals surface area contributed by atoms with Gasteiger partial charge in [-0.3, -0.25) is 4.98 Å². The van der Waals surface area contributed by atoms with E-state index in [-0.39, 0.29) is 11.2 Å².